The van der Waals surface area contributed by atoms with Crippen LogP contribution in [-0.4, -0.2) is 34.9 Å². The predicted octanol–water partition coefficient (Wildman–Crippen LogP) is 1.52. The number of likely N-dealkylation sites (tertiary alicyclic amines) is 1. The van der Waals surface area contributed by atoms with Gasteiger partial charge >= 0.3 is 0 Å². The molecule has 2 rings (SSSR count). The van der Waals surface area contributed by atoms with E-state index in [1.54, 1.807) is 12.4 Å². The number of hydrogen-bond acceptors (Lipinski definition) is 3. The number of amides is 1. The average molecular weight is 247 g/mol. The zero-order valence-electron chi connectivity index (χ0n) is 10.9. The van der Waals surface area contributed by atoms with Gasteiger partial charge in [0.1, 0.15) is 0 Å². The lowest BCUT2D eigenvalue weighted by Gasteiger charge is -2.36. The van der Waals surface area contributed by atoms with Crippen LogP contribution in [0.1, 0.15) is 37.7 Å². The number of carbonyl (C=O) groups is 1. The first-order chi connectivity index (χ1) is 8.74. The minimum absolute atomic E-state index is 0.133. The molecule has 1 aromatic heterocycles. The Morgan fingerprint density at radius 2 is 2.44 bits per heavy atom. The molecule has 1 fully saturated rings. The van der Waals surface area contributed by atoms with Gasteiger partial charge in [0.2, 0.25) is 5.91 Å². The number of aromatic nitrogens is 1. The summed E-state index contributed by atoms with van der Waals surface area (Å²) in [6, 6.07) is 4.04. The van der Waals surface area contributed by atoms with E-state index in [4.69, 9.17) is 5.73 Å². The molecule has 1 aromatic rings. The van der Waals surface area contributed by atoms with Crippen LogP contribution in [0.2, 0.25) is 0 Å². The number of piperidine rings is 1. The van der Waals surface area contributed by atoms with E-state index in [2.05, 4.69) is 4.98 Å². The first-order valence-corrected chi connectivity index (χ1v) is 6.64. The van der Waals surface area contributed by atoms with Gasteiger partial charge in [-0.2, -0.15) is 0 Å². The average Bonchev–Trinajstić information content (AvgIpc) is 2.46. The highest BCUT2D eigenvalue weighted by atomic mass is 16.2. The molecule has 2 unspecified atom stereocenters. The molecule has 2 atom stereocenters. The van der Waals surface area contributed by atoms with Gasteiger partial charge in [-0.1, -0.05) is 6.07 Å². The van der Waals surface area contributed by atoms with Gasteiger partial charge in [-0.15, -0.1) is 0 Å². The normalized spacial score (nSPS) is 21.7. The molecule has 1 aliphatic rings. The summed E-state index contributed by atoms with van der Waals surface area (Å²) in [5, 5.41) is 0. The molecule has 0 aromatic carbocycles. The zero-order valence-corrected chi connectivity index (χ0v) is 10.9. The molecule has 1 aliphatic heterocycles. The van der Waals surface area contributed by atoms with Crippen LogP contribution in [0.4, 0.5) is 0 Å². The highest BCUT2D eigenvalue weighted by Gasteiger charge is 2.29. The Labute approximate surface area is 108 Å². The first kappa shape index (κ1) is 13.0. The van der Waals surface area contributed by atoms with E-state index >= 15 is 0 Å². The van der Waals surface area contributed by atoms with Gasteiger partial charge in [-0.3, -0.25) is 9.78 Å². The summed E-state index contributed by atoms with van der Waals surface area (Å²) in [5.41, 5.74) is 6.74. The second kappa shape index (κ2) is 5.96. The van der Waals surface area contributed by atoms with Gasteiger partial charge in [-0.05, 0) is 37.8 Å². The quantitative estimate of drug-likeness (QED) is 0.881. The molecule has 2 N–H and O–H groups in total. The molecule has 0 bridgehead atoms. The molecule has 1 amide bonds. The molecule has 2 heterocycles. The minimum atomic E-state index is -0.133. The number of carbonyl (C=O) groups excluding carboxylic acids is 1. The van der Waals surface area contributed by atoms with E-state index < -0.39 is 0 Å². The lowest BCUT2D eigenvalue weighted by molar-refractivity contribution is -0.135. The fourth-order valence-corrected chi connectivity index (χ4v) is 2.56. The molecule has 0 saturated carbocycles. The smallest absolute Gasteiger partial charge is 0.230 e. The molecule has 4 heteroatoms. The molecule has 18 heavy (non-hydrogen) atoms. The van der Waals surface area contributed by atoms with Crippen LogP contribution in [0.25, 0.3) is 0 Å². The highest BCUT2D eigenvalue weighted by Crippen LogP contribution is 2.23. The largest absolute Gasteiger partial charge is 0.338 e. The van der Waals surface area contributed by atoms with Gasteiger partial charge in [0.15, 0.2) is 0 Å². The van der Waals surface area contributed by atoms with Crippen molar-refractivity contribution in [3.8, 4) is 0 Å². The standard InChI is InChI=1S/C14H21N3O/c1-11(12-5-4-7-16-10-12)14(18)17-8-3-2-6-13(17)9-15/h4-5,7,10-11,13H,2-3,6,8-9,15H2,1H3. The van der Waals surface area contributed by atoms with Crippen LogP contribution in [-0.2, 0) is 4.79 Å². The Morgan fingerprint density at radius 3 is 3.11 bits per heavy atom. The maximum absolute atomic E-state index is 12.5. The van der Waals surface area contributed by atoms with Gasteiger partial charge in [0.05, 0.1) is 5.92 Å². The van der Waals surface area contributed by atoms with Crippen LogP contribution in [0.5, 0.6) is 0 Å². The fraction of sp³-hybridized carbons (Fsp3) is 0.571. The lowest BCUT2D eigenvalue weighted by Crippen LogP contribution is -2.48. The summed E-state index contributed by atoms with van der Waals surface area (Å²) < 4.78 is 0. The monoisotopic (exact) mass is 247 g/mol. The van der Waals surface area contributed by atoms with Gasteiger partial charge in [-0.25, -0.2) is 0 Å². The Morgan fingerprint density at radius 1 is 1.61 bits per heavy atom. The molecular weight excluding hydrogens is 226 g/mol. The van der Waals surface area contributed by atoms with Crippen molar-refractivity contribution in [3.63, 3.8) is 0 Å². The van der Waals surface area contributed by atoms with E-state index in [1.807, 2.05) is 24.0 Å². The second-order valence-electron chi connectivity index (χ2n) is 4.92. The Bertz CT molecular complexity index is 393. The number of nitrogens with two attached hydrogens (primary N) is 1. The molecule has 0 spiro atoms. The summed E-state index contributed by atoms with van der Waals surface area (Å²) in [7, 11) is 0. The highest BCUT2D eigenvalue weighted by molar-refractivity contribution is 5.83. The Hall–Kier alpha value is -1.42. The second-order valence-corrected chi connectivity index (χ2v) is 4.92. The number of hydrogen-bond donors (Lipinski definition) is 1. The lowest BCUT2D eigenvalue weighted by atomic mass is 9.96. The molecule has 4 nitrogen and oxygen atoms in total. The molecule has 0 radical (unpaired) electrons. The predicted molar refractivity (Wildman–Crippen MR) is 71.1 cm³/mol. The van der Waals surface area contributed by atoms with Crippen LogP contribution in [0.15, 0.2) is 24.5 Å². The van der Waals surface area contributed by atoms with Crippen molar-refractivity contribution in [3.05, 3.63) is 30.1 Å². The van der Waals surface area contributed by atoms with Crippen molar-refractivity contribution in [2.24, 2.45) is 5.73 Å². The van der Waals surface area contributed by atoms with Gasteiger partial charge in [0.25, 0.3) is 0 Å². The summed E-state index contributed by atoms with van der Waals surface area (Å²) in [6.45, 7) is 3.35. The minimum Gasteiger partial charge on any atom is -0.338 e. The maximum Gasteiger partial charge on any atom is 0.230 e. The Balaban J connectivity index is 2.10. The zero-order chi connectivity index (χ0) is 13.0. The van der Waals surface area contributed by atoms with Crippen LogP contribution >= 0.6 is 0 Å². The van der Waals surface area contributed by atoms with E-state index in [-0.39, 0.29) is 17.9 Å². The van der Waals surface area contributed by atoms with Crippen LogP contribution < -0.4 is 5.73 Å². The van der Waals surface area contributed by atoms with Crippen LogP contribution in [0, 0.1) is 0 Å². The van der Waals surface area contributed by atoms with E-state index in [9.17, 15) is 4.79 Å². The SMILES string of the molecule is CC(C(=O)N1CCCCC1CN)c1cccnc1. The molecule has 0 aliphatic carbocycles. The van der Waals surface area contributed by atoms with Crippen molar-refractivity contribution in [2.75, 3.05) is 13.1 Å². The van der Waals surface area contributed by atoms with E-state index in [1.165, 1.54) is 6.42 Å². The third-order valence-electron chi connectivity index (χ3n) is 3.74. The molecular formula is C14H21N3O. The van der Waals surface area contributed by atoms with E-state index in [0.717, 1.165) is 24.9 Å². The summed E-state index contributed by atoms with van der Waals surface area (Å²) >= 11 is 0. The summed E-state index contributed by atoms with van der Waals surface area (Å²) in [6.07, 6.45) is 6.78. The van der Waals surface area contributed by atoms with E-state index in [0.29, 0.717) is 6.54 Å². The fourth-order valence-electron chi connectivity index (χ4n) is 2.56. The van der Waals surface area contributed by atoms with Gasteiger partial charge in [0, 0.05) is 31.5 Å². The third-order valence-corrected chi connectivity index (χ3v) is 3.74. The number of nitrogens with zero attached hydrogens (tertiary/aromatic N) is 2. The van der Waals surface area contributed by atoms with Crippen molar-refractivity contribution in [1.29, 1.82) is 0 Å². The molecule has 98 valence electrons. The number of rotatable bonds is 3. The molecule has 1 saturated heterocycles. The topological polar surface area (TPSA) is 59.2 Å². The van der Waals surface area contributed by atoms with Crippen molar-refractivity contribution in [1.82, 2.24) is 9.88 Å². The van der Waals surface area contributed by atoms with Crippen molar-refractivity contribution >= 4 is 5.91 Å². The van der Waals surface area contributed by atoms with Crippen LogP contribution in [0.3, 0.4) is 0 Å². The third kappa shape index (κ3) is 2.70. The van der Waals surface area contributed by atoms with Gasteiger partial charge < -0.3 is 10.6 Å². The Kier molecular flexibility index (Phi) is 4.31. The van der Waals surface area contributed by atoms with Crippen molar-refractivity contribution < 1.29 is 4.79 Å². The van der Waals surface area contributed by atoms with Crippen molar-refractivity contribution in [2.45, 2.75) is 38.1 Å². The maximum atomic E-state index is 12.5. The summed E-state index contributed by atoms with van der Waals surface area (Å²) in [5.74, 6) is 0.0454. The summed E-state index contributed by atoms with van der Waals surface area (Å²) in [4.78, 5) is 18.5. The first-order valence-electron chi connectivity index (χ1n) is 6.64. The number of pyridine rings is 1.